The molecule has 2 rings (SSSR count). The van der Waals surface area contributed by atoms with Crippen LogP contribution in [0.2, 0.25) is 0 Å². The molecule has 0 aromatic carbocycles. The van der Waals surface area contributed by atoms with Crippen LogP contribution in [0.5, 0.6) is 0 Å². The van der Waals surface area contributed by atoms with Gasteiger partial charge in [-0.1, -0.05) is 58.3 Å². The molecule has 2 saturated heterocycles. The predicted molar refractivity (Wildman–Crippen MR) is 92.6 cm³/mol. The molecular weight excluding hydrogens is 348 g/mol. The van der Waals surface area contributed by atoms with E-state index < -0.39 is 22.6 Å². The van der Waals surface area contributed by atoms with E-state index in [0.717, 1.165) is 19.3 Å². The lowest BCUT2D eigenvalue weighted by Crippen LogP contribution is -2.46. The minimum atomic E-state index is -4.51. The summed E-state index contributed by atoms with van der Waals surface area (Å²) >= 11 is 0. The minimum absolute atomic E-state index is 0.0727. The molecule has 0 spiro atoms. The van der Waals surface area contributed by atoms with Crippen molar-refractivity contribution in [2.24, 2.45) is 0 Å². The van der Waals surface area contributed by atoms with Crippen LogP contribution in [0, 0.1) is 0 Å². The van der Waals surface area contributed by atoms with Gasteiger partial charge < -0.3 is 14.2 Å². The molecule has 2 aliphatic heterocycles. The van der Waals surface area contributed by atoms with Gasteiger partial charge >= 0.3 is 10.4 Å². The van der Waals surface area contributed by atoms with Gasteiger partial charge in [0.1, 0.15) is 18.3 Å². The molecule has 7 nitrogen and oxygen atoms in total. The molecule has 2 aliphatic rings. The van der Waals surface area contributed by atoms with E-state index >= 15 is 0 Å². The molecule has 0 saturated carbocycles. The standard InChI is InChI=1S/C17H32O7S/c1-2-3-4-5-6-7-8-9-10-11-16-22-12-14-17(23-16)15(13-21-14)24-25(18,19)20/h14-17H,2-13H2,1H3,(H,18,19,20). The van der Waals surface area contributed by atoms with Gasteiger partial charge in [-0.2, -0.15) is 8.42 Å². The highest BCUT2D eigenvalue weighted by molar-refractivity contribution is 7.80. The largest absolute Gasteiger partial charge is 0.397 e. The highest BCUT2D eigenvalue weighted by Crippen LogP contribution is 2.29. The molecule has 0 amide bonds. The van der Waals surface area contributed by atoms with Gasteiger partial charge in [-0.05, 0) is 12.8 Å². The molecule has 0 aromatic rings. The van der Waals surface area contributed by atoms with Crippen LogP contribution in [0.4, 0.5) is 0 Å². The Kier molecular flexibility index (Phi) is 9.09. The van der Waals surface area contributed by atoms with Gasteiger partial charge in [-0.15, -0.1) is 0 Å². The van der Waals surface area contributed by atoms with Crippen LogP contribution in [-0.2, 0) is 28.8 Å². The smallest absolute Gasteiger partial charge is 0.370 e. The van der Waals surface area contributed by atoms with Crippen molar-refractivity contribution in [3.63, 3.8) is 0 Å². The maximum atomic E-state index is 10.9. The summed E-state index contributed by atoms with van der Waals surface area (Å²) in [6, 6.07) is 0. The summed E-state index contributed by atoms with van der Waals surface area (Å²) in [7, 11) is -4.51. The van der Waals surface area contributed by atoms with E-state index in [-0.39, 0.29) is 19.0 Å². The van der Waals surface area contributed by atoms with E-state index in [1.54, 1.807) is 0 Å². The van der Waals surface area contributed by atoms with E-state index in [9.17, 15) is 8.42 Å². The first kappa shape index (κ1) is 21.1. The van der Waals surface area contributed by atoms with Gasteiger partial charge in [-0.3, -0.25) is 4.55 Å². The number of ether oxygens (including phenoxy) is 3. The lowest BCUT2D eigenvalue weighted by Gasteiger charge is -2.33. The molecule has 4 atom stereocenters. The van der Waals surface area contributed by atoms with E-state index in [4.69, 9.17) is 18.8 Å². The number of hydrogen-bond donors (Lipinski definition) is 1. The fraction of sp³-hybridized carbons (Fsp3) is 1.00. The van der Waals surface area contributed by atoms with Crippen molar-refractivity contribution in [2.75, 3.05) is 13.2 Å². The van der Waals surface area contributed by atoms with Crippen molar-refractivity contribution in [1.82, 2.24) is 0 Å². The van der Waals surface area contributed by atoms with Crippen LogP contribution >= 0.6 is 0 Å². The molecule has 0 bridgehead atoms. The topological polar surface area (TPSA) is 91.3 Å². The average molecular weight is 381 g/mol. The summed E-state index contributed by atoms with van der Waals surface area (Å²) in [5, 5.41) is 0. The zero-order valence-electron chi connectivity index (χ0n) is 15.1. The number of fused-ring (bicyclic) bond motifs is 1. The van der Waals surface area contributed by atoms with Crippen molar-refractivity contribution in [3.8, 4) is 0 Å². The van der Waals surface area contributed by atoms with Crippen LogP contribution in [0.15, 0.2) is 0 Å². The summed E-state index contributed by atoms with van der Waals surface area (Å²) in [6.07, 6.45) is 10.0. The van der Waals surface area contributed by atoms with E-state index in [0.29, 0.717) is 6.61 Å². The van der Waals surface area contributed by atoms with Gasteiger partial charge in [0.2, 0.25) is 0 Å². The summed E-state index contributed by atoms with van der Waals surface area (Å²) in [6.45, 7) is 2.66. The zero-order chi connectivity index (χ0) is 18.1. The Labute approximate surface area is 151 Å². The van der Waals surface area contributed by atoms with Crippen molar-refractivity contribution in [3.05, 3.63) is 0 Å². The normalized spacial score (nSPS) is 29.7. The summed E-state index contributed by atoms with van der Waals surface area (Å²) < 4.78 is 52.1. The molecule has 0 aromatic heterocycles. The van der Waals surface area contributed by atoms with E-state index in [2.05, 4.69) is 11.1 Å². The maximum Gasteiger partial charge on any atom is 0.397 e. The molecule has 2 heterocycles. The Morgan fingerprint density at radius 1 is 0.960 bits per heavy atom. The Balaban J connectivity index is 1.58. The van der Waals surface area contributed by atoms with Crippen molar-refractivity contribution in [2.45, 2.75) is 95.7 Å². The summed E-state index contributed by atoms with van der Waals surface area (Å²) in [5.74, 6) is 0. The molecule has 0 radical (unpaired) electrons. The summed E-state index contributed by atoms with van der Waals surface area (Å²) in [5.41, 5.74) is 0. The van der Waals surface area contributed by atoms with Crippen LogP contribution in [-0.4, -0.2) is 50.8 Å². The van der Waals surface area contributed by atoms with Gasteiger partial charge in [0.05, 0.1) is 13.2 Å². The van der Waals surface area contributed by atoms with Crippen LogP contribution in [0.25, 0.3) is 0 Å². The monoisotopic (exact) mass is 380 g/mol. The quantitative estimate of drug-likeness (QED) is 0.410. The van der Waals surface area contributed by atoms with Crippen molar-refractivity contribution in [1.29, 1.82) is 0 Å². The first-order valence-electron chi connectivity index (χ1n) is 9.54. The second-order valence-corrected chi connectivity index (χ2v) is 7.96. The molecule has 1 N–H and O–H groups in total. The third-order valence-corrected chi connectivity index (χ3v) is 5.24. The van der Waals surface area contributed by atoms with Crippen LogP contribution in [0.1, 0.15) is 71.1 Å². The molecule has 2 fully saturated rings. The molecule has 25 heavy (non-hydrogen) atoms. The zero-order valence-corrected chi connectivity index (χ0v) is 15.9. The van der Waals surface area contributed by atoms with E-state index in [1.807, 2.05) is 0 Å². The van der Waals surface area contributed by atoms with Gasteiger partial charge in [-0.25, -0.2) is 4.18 Å². The molecule has 4 unspecified atom stereocenters. The Hall–Kier alpha value is -0.250. The lowest BCUT2D eigenvalue weighted by molar-refractivity contribution is -0.248. The number of rotatable bonds is 12. The van der Waals surface area contributed by atoms with Gasteiger partial charge in [0.25, 0.3) is 0 Å². The Morgan fingerprint density at radius 3 is 2.24 bits per heavy atom. The highest BCUT2D eigenvalue weighted by Gasteiger charge is 2.45. The predicted octanol–water partition coefficient (Wildman–Crippen LogP) is 3.24. The van der Waals surface area contributed by atoms with Gasteiger partial charge in [0, 0.05) is 0 Å². The molecular formula is C17H32O7S. The first-order chi connectivity index (χ1) is 12.0. The second kappa shape index (κ2) is 10.8. The number of hydrogen-bond acceptors (Lipinski definition) is 6. The molecule has 8 heteroatoms. The number of unbranched alkanes of at least 4 members (excludes halogenated alkanes) is 8. The maximum absolute atomic E-state index is 10.9. The first-order valence-corrected chi connectivity index (χ1v) is 10.9. The fourth-order valence-corrected chi connectivity index (χ4v) is 3.87. The average Bonchev–Trinajstić information content (AvgIpc) is 2.94. The second-order valence-electron chi connectivity index (χ2n) is 6.91. The van der Waals surface area contributed by atoms with Crippen LogP contribution < -0.4 is 0 Å². The molecule has 148 valence electrons. The minimum Gasteiger partial charge on any atom is -0.370 e. The molecule has 0 aliphatic carbocycles. The highest BCUT2D eigenvalue weighted by atomic mass is 32.3. The van der Waals surface area contributed by atoms with Crippen molar-refractivity contribution >= 4 is 10.4 Å². The van der Waals surface area contributed by atoms with E-state index in [1.165, 1.54) is 44.9 Å². The van der Waals surface area contributed by atoms with Crippen molar-refractivity contribution < 1.29 is 31.4 Å². The Bertz CT molecular complexity index is 468. The summed E-state index contributed by atoms with van der Waals surface area (Å²) in [4.78, 5) is 0. The fourth-order valence-electron chi connectivity index (χ4n) is 3.39. The van der Waals surface area contributed by atoms with Crippen LogP contribution in [0.3, 0.4) is 0 Å². The Morgan fingerprint density at radius 2 is 1.60 bits per heavy atom. The third kappa shape index (κ3) is 7.88. The van der Waals surface area contributed by atoms with Gasteiger partial charge in [0.15, 0.2) is 6.29 Å². The lowest BCUT2D eigenvalue weighted by atomic mass is 10.1. The SMILES string of the molecule is CCCCCCCCCCCC1OCC2OCC(OS(=O)(=O)O)C2O1. The third-order valence-electron chi connectivity index (χ3n) is 4.75.